The number of aliphatic hydroxyl groups is 1. The van der Waals surface area contributed by atoms with Gasteiger partial charge in [-0.1, -0.05) is 0 Å². The van der Waals surface area contributed by atoms with Gasteiger partial charge in [0.2, 0.25) is 0 Å². The second-order valence-corrected chi connectivity index (χ2v) is 3.81. The maximum absolute atomic E-state index is 8.99. The van der Waals surface area contributed by atoms with Crippen LogP contribution in [0.3, 0.4) is 0 Å². The third kappa shape index (κ3) is 1.38. The van der Waals surface area contributed by atoms with Gasteiger partial charge < -0.3 is 10.0 Å². The van der Waals surface area contributed by atoms with Crippen LogP contribution in [0, 0.1) is 0 Å². The maximum Gasteiger partial charge on any atom is 0.112 e. The number of aromatic nitrogens is 2. The van der Waals surface area contributed by atoms with Crippen molar-refractivity contribution in [2.24, 2.45) is 0 Å². The highest BCUT2D eigenvalue weighted by atomic mass is 79.9. The average Bonchev–Trinajstić information content (AvgIpc) is 2.42. The molecule has 0 bridgehead atoms. The summed E-state index contributed by atoms with van der Waals surface area (Å²) in [6.07, 6.45) is 3.96. The molecule has 0 aliphatic carbocycles. The predicted octanol–water partition coefficient (Wildman–Crippen LogP) is 1.01. The maximum atomic E-state index is 8.99. The Morgan fingerprint density at radius 1 is 1.69 bits per heavy atom. The monoisotopic (exact) mass is 243 g/mol. The number of rotatable bonds is 1. The molecule has 0 saturated carbocycles. The van der Waals surface area contributed by atoms with Crippen molar-refractivity contribution in [3.8, 4) is 0 Å². The molecule has 1 aliphatic rings. The van der Waals surface area contributed by atoms with E-state index in [-0.39, 0.29) is 6.61 Å². The second kappa shape index (κ2) is 3.16. The molecule has 1 aromatic heterocycles. The van der Waals surface area contributed by atoms with Gasteiger partial charge in [0.25, 0.3) is 0 Å². The van der Waals surface area contributed by atoms with E-state index < -0.39 is 0 Å². The van der Waals surface area contributed by atoms with Gasteiger partial charge in [-0.15, -0.1) is 0 Å². The number of halogens is 1. The highest BCUT2D eigenvalue weighted by molar-refractivity contribution is 9.10. The molecule has 0 saturated heterocycles. The van der Waals surface area contributed by atoms with Crippen molar-refractivity contribution in [1.82, 2.24) is 14.7 Å². The van der Waals surface area contributed by atoms with Crippen LogP contribution in [0.15, 0.2) is 10.7 Å². The highest BCUT2D eigenvalue weighted by Gasteiger charge is 2.15. The van der Waals surface area contributed by atoms with E-state index in [1.807, 2.05) is 28.9 Å². The summed E-state index contributed by atoms with van der Waals surface area (Å²) in [6, 6.07) is 0. The topological polar surface area (TPSA) is 41.3 Å². The lowest BCUT2D eigenvalue weighted by Gasteiger charge is -2.19. The summed E-state index contributed by atoms with van der Waals surface area (Å²) in [5, 5.41) is 13.2. The second-order valence-electron chi connectivity index (χ2n) is 3.02. The van der Waals surface area contributed by atoms with Gasteiger partial charge in [0.1, 0.15) is 12.4 Å². The molecule has 0 fully saturated rings. The van der Waals surface area contributed by atoms with Crippen LogP contribution in [0.4, 0.5) is 0 Å². The first-order chi connectivity index (χ1) is 6.22. The lowest BCUT2D eigenvalue weighted by Crippen LogP contribution is -2.21. The van der Waals surface area contributed by atoms with Crippen LogP contribution >= 0.6 is 15.9 Å². The zero-order chi connectivity index (χ0) is 9.42. The Morgan fingerprint density at radius 2 is 2.46 bits per heavy atom. The fourth-order valence-corrected chi connectivity index (χ4v) is 1.87. The van der Waals surface area contributed by atoms with Gasteiger partial charge in [0, 0.05) is 13.2 Å². The Balaban J connectivity index is 2.48. The summed E-state index contributed by atoms with van der Waals surface area (Å²) in [4.78, 5) is 2.02. The van der Waals surface area contributed by atoms with Crippen molar-refractivity contribution in [2.45, 2.75) is 13.3 Å². The summed E-state index contributed by atoms with van der Waals surface area (Å²) in [5.41, 5.74) is 1.71. The molecule has 70 valence electrons. The summed E-state index contributed by atoms with van der Waals surface area (Å²) in [6.45, 7) is 0.697. The largest absolute Gasteiger partial charge is 0.390 e. The van der Waals surface area contributed by atoms with Crippen molar-refractivity contribution in [3.63, 3.8) is 0 Å². The van der Waals surface area contributed by atoms with E-state index in [1.54, 1.807) is 0 Å². The summed E-state index contributed by atoms with van der Waals surface area (Å²) >= 11 is 3.40. The lowest BCUT2D eigenvalue weighted by atomic mass is 10.3. The third-order valence-electron chi connectivity index (χ3n) is 1.99. The molecule has 2 heterocycles. The van der Waals surface area contributed by atoms with Gasteiger partial charge in [-0.25, -0.2) is 4.68 Å². The molecule has 1 N–H and O–H groups in total. The first-order valence-corrected chi connectivity index (χ1v) is 4.76. The van der Waals surface area contributed by atoms with Crippen LogP contribution in [0.1, 0.15) is 11.4 Å². The minimum Gasteiger partial charge on any atom is -0.390 e. The molecule has 0 amide bonds. The number of hydrogen-bond donors (Lipinski definition) is 1. The standard InChI is InChI=1S/C8H10BrN3O/c1-11-3-2-7-8(9)6(4-13)10-12(7)5-11/h2-3,13H,4-5H2,1H3. The van der Waals surface area contributed by atoms with Gasteiger partial charge in [-0.05, 0) is 22.0 Å². The van der Waals surface area contributed by atoms with Gasteiger partial charge in [-0.2, -0.15) is 5.10 Å². The quantitative estimate of drug-likeness (QED) is 0.801. The first-order valence-electron chi connectivity index (χ1n) is 3.97. The van der Waals surface area contributed by atoms with Crippen LogP contribution < -0.4 is 0 Å². The Morgan fingerprint density at radius 3 is 3.15 bits per heavy atom. The molecule has 5 heteroatoms. The molecular weight excluding hydrogens is 234 g/mol. The molecular formula is C8H10BrN3O. The number of aliphatic hydroxyl groups excluding tert-OH is 1. The molecule has 0 spiro atoms. The third-order valence-corrected chi connectivity index (χ3v) is 2.86. The van der Waals surface area contributed by atoms with E-state index in [2.05, 4.69) is 21.0 Å². The van der Waals surface area contributed by atoms with Crippen LogP contribution in [0.5, 0.6) is 0 Å². The SMILES string of the molecule is CN1C=Cc2c(Br)c(CO)nn2C1. The molecule has 0 unspecified atom stereocenters. The molecule has 13 heavy (non-hydrogen) atoms. The smallest absolute Gasteiger partial charge is 0.112 e. The lowest BCUT2D eigenvalue weighted by molar-refractivity contribution is 0.270. The summed E-state index contributed by atoms with van der Waals surface area (Å²) in [7, 11) is 1.98. The minimum absolute atomic E-state index is 0.0296. The molecule has 0 atom stereocenters. The van der Waals surface area contributed by atoms with Gasteiger partial charge in [-0.3, -0.25) is 0 Å². The fraction of sp³-hybridized carbons (Fsp3) is 0.375. The van der Waals surface area contributed by atoms with Gasteiger partial charge >= 0.3 is 0 Å². The minimum atomic E-state index is -0.0296. The molecule has 2 rings (SSSR count). The van der Waals surface area contributed by atoms with Crippen LogP contribution in [-0.4, -0.2) is 26.8 Å². The van der Waals surface area contributed by atoms with E-state index >= 15 is 0 Å². The molecule has 1 aromatic rings. The number of hydrogen-bond acceptors (Lipinski definition) is 3. The molecule has 0 aromatic carbocycles. The Kier molecular flexibility index (Phi) is 2.13. The zero-order valence-electron chi connectivity index (χ0n) is 7.24. The number of fused-ring (bicyclic) bond motifs is 1. The number of nitrogens with zero attached hydrogens (tertiary/aromatic N) is 3. The zero-order valence-corrected chi connectivity index (χ0v) is 8.82. The van der Waals surface area contributed by atoms with Gasteiger partial charge in [0.05, 0.1) is 16.8 Å². The fourth-order valence-electron chi connectivity index (χ4n) is 1.33. The molecule has 0 radical (unpaired) electrons. The predicted molar refractivity (Wildman–Crippen MR) is 52.6 cm³/mol. The Bertz CT molecular complexity index is 359. The van der Waals surface area contributed by atoms with Crippen LogP contribution in [0.25, 0.3) is 6.08 Å². The Hall–Kier alpha value is -0.810. The molecule has 1 aliphatic heterocycles. The van der Waals surface area contributed by atoms with Crippen LogP contribution in [0.2, 0.25) is 0 Å². The molecule has 4 nitrogen and oxygen atoms in total. The van der Waals surface area contributed by atoms with E-state index in [1.165, 1.54) is 0 Å². The summed E-state index contributed by atoms with van der Waals surface area (Å²) < 4.78 is 2.75. The Labute approximate surface area is 84.6 Å². The van der Waals surface area contributed by atoms with Gasteiger partial charge in [0.15, 0.2) is 0 Å². The highest BCUT2D eigenvalue weighted by Crippen LogP contribution is 2.25. The van der Waals surface area contributed by atoms with Crippen molar-refractivity contribution in [3.05, 3.63) is 22.1 Å². The first kappa shape index (κ1) is 8.77. The normalized spacial score (nSPS) is 14.8. The van der Waals surface area contributed by atoms with E-state index in [9.17, 15) is 0 Å². The van der Waals surface area contributed by atoms with Crippen molar-refractivity contribution in [2.75, 3.05) is 7.05 Å². The van der Waals surface area contributed by atoms with E-state index in [4.69, 9.17) is 5.11 Å². The van der Waals surface area contributed by atoms with Crippen LogP contribution in [-0.2, 0) is 13.3 Å². The van der Waals surface area contributed by atoms with Crippen molar-refractivity contribution >= 4 is 22.0 Å². The van der Waals surface area contributed by atoms with E-state index in [0.717, 1.165) is 16.8 Å². The van der Waals surface area contributed by atoms with Crippen molar-refractivity contribution < 1.29 is 5.11 Å². The van der Waals surface area contributed by atoms with E-state index in [0.29, 0.717) is 5.69 Å². The summed E-state index contributed by atoms with van der Waals surface area (Å²) in [5.74, 6) is 0. The van der Waals surface area contributed by atoms with Crippen molar-refractivity contribution in [1.29, 1.82) is 0 Å². The average molecular weight is 244 g/mol.